The molecule has 560 valence electrons. The SMILES string of the molecule is CC/C=C\C/C=C\C/C=C\C/C=C\C/C=C\CCCC(=O)OCC(COP(=O)(O)OCC(O)COP(=O)(O)OCC(COC(=O)CCCCCCC/C=C\C/C=C\CCC)OC(=O)CCCCCCC/C=C\C/C=C\CCC)OC(=O)CCCCCCC/C=C\C/C=C\CCCCC. The van der Waals surface area contributed by atoms with Gasteiger partial charge in [-0.3, -0.25) is 37.3 Å². The van der Waals surface area contributed by atoms with E-state index in [9.17, 15) is 43.2 Å². The first-order chi connectivity index (χ1) is 47.7. The predicted molar refractivity (Wildman–Crippen MR) is 399 cm³/mol. The Morgan fingerprint density at radius 1 is 0.296 bits per heavy atom. The number of unbranched alkanes of at least 4 members (excludes halogenated alkanes) is 21. The Hall–Kier alpha value is -4.80. The minimum atomic E-state index is -4.99. The van der Waals surface area contributed by atoms with Crippen molar-refractivity contribution in [2.45, 2.75) is 303 Å². The number of phosphoric ester groups is 2. The van der Waals surface area contributed by atoms with Crippen LogP contribution in [0.5, 0.6) is 0 Å². The van der Waals surface area contributed by atoms with Gasteiger partial charge < -0.3 is 33.8 Å². The molecule has 0 aliphatic carbocycles. The van der Waals surface area contributed by atoms with Gasteiger partial charge in [0.2, 0.25) is 0 Å². The fourth-order valence-electron chi connectivity index (χ4n) is 9.36. The van der Waals surface area contributed by atoms with Gasteiger partial charge in [-0.15, -0.1) is 0 Å². The fourth-order valence-corrected chi connectivity index (χ4v) is 10.9. The Morgan fingerprint density at radius 2 is 0.561 bits per heavy atom. The van der Waals surface area contributed by atoms with Crippen molar-refractivity contribution in [3.8, 4) is 0 Å². The van der Waals surface area contributed by atoms with E-state index in [1.165, 1.54) is 19.3 Å². The average molecular weight is 1420 g/mol. The Kier molecular flexibility index (Phi) is 67.2. The molecule has 0 saturated carbocycles. The van der Waals surface area contributed by atoms with Crippen LogP contribution in [0.4, 0.5) is 0 Å². The van der Waals surface area contributed by atoms with Crippen molar-refractivity contribution in [3.63, 3.8) is 0 Å². The molecule has 0 fully saturated rings. The van der Waals surface area contributed by atoms with E-state index in [0.29, 0.717) is 32.1 Å². The number of hydrogen-bond donors (Lipinski definition) is 3. The summed E-state index contributed by atoms with van der Waals surface area (Å²) >= 11 is 0. The quantitative estimate of drug-likeness (QED) is 0.0169. The Balaban J connectivity index is 5.43. The number of esters is 4. The van der Waals surface area contributed by atoms with Crippen LogP contribution in [0, 0.1) is 0 Å². The van der Waals surface area contributed by atoms with Crippen molar-refractivity contribution >= 4 is 39.5 Å². The first-order valence-electron chi connectivity index (χ1n) is 37.4. The molecule has 0 spiro atoms. The molecule has 0 aromatic heterocycles. The zero-order valence-electron chi connectivity index (χ0n) is 60.9. The molecule has 17 nitrogen and oxygen atoms in total. The first kappa shape index (κ1) is 93.2. The second kappa shape index (κ2) is 70.6. The summed E-state index contributed by atoms with van der Waals surface area (Å²) in [5, 5.41) is 10.6. The summed E-state index contributed by atoms with van der Waals surface area (Å²) < 4.78 is 68.3. The van der Waals surface area contributed by atoms with Gasteiger partial charge in [-0.05, 0) is 148 Å². The molecule has 0 aliphatic rings. The van der Waals surface area contributed by atoms with Crippen LogP contribution in [-0.2, 0) is 65.4 Å². The van der Waals surface area contributed by atoms with E-state index in [0.717, 1.165) is 180 Å². The fraction of sp³-hybridized carbons (Fsp3) is 0.671. The number of ether oxygens (including phenoxy) is 4. The van der Waals surface area contributed by atoms with E-state index < -0.39 is 97.5 Å². The van der Waals surface area contributed by atoms with Crippen molar-refractivity contribution in [2.75, 3.05) is 39.6 Å². The number of phosphoric acid groups is 2. The second-order valence-electron chi connectivity index (χ2n) is 24.5. The Morgan fingerprint density at radius 3 is 0.898 bits per heavy atom. The van der Waals surface area contributed by atoms with Crippen molar-refractivity contribution in [1.82, 2.24) is 0 Å². The minimum absolute atomic E-state index is 0.0629. The lowest BCUT2D eigenvalue weighted by Crippen LogP contribution is -2.30. The van der Waals surface area contributed by atoms with Gasteiger partial charge in [-0.25, -0.2) is 9.13 Å². The molecular weight excluding hydrogens is 1280 g/mol. The highest BCUT2D eigenvalue weighted by Gasteiger charge is 2.30. The molecule has 0 bridgehead atoms. The summed E-state index contributed by atoms with van der Waals surface area (Å²) in [4.78, 5) is 72.8. The third-order valence-corrected chi connectivity index (χ3v) is 16.9. The lowest BCUT2D eigenvalue weighted by atomic mass is 10.1. The summed E-state index contributed by atoms with van der Waals surface area (Å²) in [5.41, 5.74) is 0. The van der Waals surface area contributed by atoms with Gasteiger partial charge >= 0.3 is 39.5 Å². The van der Waals surface area contributed by atoms with Crippen LogP contribution < -0.4 is 0 Å². The number of carbonyl (C=O) groups excluding carboxylic acids is 4. The van der Waals surface area contributed by atoms with Crippen molar-refractivity contribution in [1.29, 1.82) is 0 Å². The van der Waals surface area contributed by atoms with E-state index in [1.807, 2.05) is 12.2 Å². The van der Waals surface area contributed by atoms with E-state index >= 15 is 0 Å². The zero-order valence-corrected chi connectivity index (χ0v) is 62.7. The monoisotopic (exact) mass is 1410 g/mol. The molecule has 0 saturated heterocycles. The van der Waals surface area contributed by atoms with Crippen LogP contribution in [0.2, 0.25) is 0 Å². The van der Waals surface area contributed by atoms with Crippen molar-refractivity contribution < 1.29 is 80.2 Å². The van der Waals surface area contributed by atoms with Crippen LogP contribution in [-0.4, -0.2) is 96.7 Å². The molecule has 0 rings (SSSR count). The van der Waals surface area contributed by atoms with Crippen LogP contribution in [0.15, 0.2) is 134 Å². The van der Waals surface area contributed by atoms with E-state index in [1.54, 1.807) is 0 Å². The minimum Gasteiger partial charge on any atom is -0.462 e. The van der Waals surface area contributed by atoms with Crippen LogP contribution >= 0.6 is 15.6 Å². The van der Waals surface area contributed by atoms with E-state index in [4.69, 9.17) is 37.0 Å². The maximum Gasteiger partial charge on any atom is 0.472 e. The summed E-state index contributed by atoms with van der Waals surface area (Å²) in [7, 11) is -9.98. The largest absolute Gasteiger partial charge is 0.472 e. The third-order valence-electron chi connectivity index (χ3n) is 15.0. The highest BCUT2D eigenvalue weighted by Crippen LogP contribution is 2.45. The lowest BCUT2D eigenvalue weighted by molar-refractivity contribution is -0.161. The highest BCUT2D eigenvalue weighted by molar-refractivity contribution is 7.47. The number of allylic oxidation sites excluding steroid dienone is 22. The molecule has 0 aromatic carbocycles. The molecule has 0 amide bonds. The van der Waals surface area contributed by atoms with Gasteiger partial charge in [0.25, 0.3) is 0 Å². The lowest BCUT2D eigenvalue weighted by Gasteiger charge is -2.21. The van der Waals surface area contributed by atoms with Gasteiger partial charge in [-0.1, -0.05) is 245 Å². The molecule has 0 aromatic rings. The summed E-state index contributed by atoms with van der Waals surface area (Å²) in [6.07, 6.45) is 77.4. The average Bonchev–Trinajstić information content (AvgIpc) is 1.05. The molecule has 98 heavy (non-hydrogen) atoms. The summed E-state index contributed by atoms with van der Waals surface area (Å²) in [5.74, 6) is -2.29. The number of aliphatic hydroxyl groups is 1. The summed E-state index contributed by atoms with van der Waals surface area (Å²) in [6, 6.07) is 0. The predicted octanol–water partition coefficient (Wildman–Crippen LogP) is 21.3. The van der Waals surface area contributed by atoms with Gasteiger partial charge in [0.15, 0.2) is 12.2 Å². The van der Waals surface area contributed by atoms with Crippen LogP contribution in [0.1, 0.15) is 285 Å². The van der Waals surface area contributed by atoms with Gasteiger partial charge in [0.1, 0.15) is 19.3 Å². The maximum absolute atomic E-state index is 13.1. The molecule has 19 heteroatoms. The van der Waals surface area contributed by atoms with Crippen LogP contribution in [0.25, 0.3) is 0 Å². The molecule has 0 radical (unpaired) electrons. The molecular formula is C79H132O17P2. The standard InChI is InChI=1S/C79H132O17P2/c1-5-9-13-17-21-25-29-33-35-36-38-41-44-48-52-56-60-64-77(82)90-70-75(96-79(84)66-62-58-54-50-46-42-37-34-30-26-22-18-14-10-6-2)72-94-98(87,88)92-68-73(80)67-91-97(85,86)93-71-74(95-78(83)65-61-57-53-49-45-40-32-28-24-20-16-12-8-4)69-89-76(81)63-59-55-51-47-43-39-31-27-23-19-15-11-7-3/h9,13,15-16,19-22,25-28,31-35,37-38,41,48,52,73-75,80H,5-8,10-12,14,17-18,23-24,29-30,36,39-40,42-47,49-51,53-72H2,1-4H3,(H,85,86)(H,87,88)/b13-9-,19-15-,20-16-,25-21-,26-22-,31-27-,32-28-,35-33-,37-34-,41-38-,52-48-. The normalized spacial score (nSPS) is 14.7. The van der Waals surface area contributed by atoms with E-state index in [-0.39, 0.29) is 25.7 Å². The highest BCUT2D eigenvalue weighted by atomic mass is 31.2. The van der Waals surface area contributed by atoms with Crippen molar-refractivity contribution in [3.05, 3.63) is 134 Å². The topological polar surface area (TPSA) is 237 Å². The van der Waals surface area contributed by atoms with Gasteiger partial charge in [-0.2, -0.15) is 0 Å². The van der Waals surface area contributed by atoms with Crippen LogP contribution in [0.3, 0.4) is 0 Å². The Bertz CT molecular complexity index is 2380. The molecule has 5 unspecified atom stereocenters. The van der Waals surface area contributed by atoms with Gasteiger partial charge in [0, 0.05) is 25.7 Å². The first-order valence-corrected chi connectivity index (χ1v) is 40.4. The molecule has 5 atom stereocenters. The molecule has 3 N–H and O–H groups in total. The number of hydrogen-bond acceptors (Lipinski definition) is 15. The molecule has 0 aliphatic heterocycles. The number of rotatable bonds is 69. The van der Waals surface area contributed by atoms with E-state index in [2.05, 4.69) is 149 Å². The smallest absolute Gasteiger partial charge is 0.462 e. The Labute approximate surface area is 593 Å². The maximum atomic E-state index is 13.1. The zero-order chi connectivity index (χ0) is 71.8. The van der Waals surface area contributed by atoms with Crippen molar-refractivity contribution in [2.24, 2.45) is 0 Å². The number of carbonyl (C=O) groups is 4. The molecule has 0 heterocycles. The third kappa shape index (κ3) is 69.7. The number of aliphatic hydroxyl groups excluding tert-OH is 1. The van der Waals surface area contributed by atoms with Gasteiger partial charge in [0.05, 0.1) is 26.4 Å². The second-order valence-corrected chi connectivity index (χ2v) is 27.4. The summed E-state index contributed by atoms with van der Waals surface area (Å²) in [6.45, 7) is 4.47.